The van der Waals surface area contributed by atoms with E-state index in [4.69, 9.17) is 14.6 Å². The third kappa shape index (κ3) is 6.92. The Labute approximate surface area is 184 Å². The van der Waals surface area contributed by atoms with Crippen molar-refractivity contribution in [2.24, 2.45) is 5.92 Å². The molecule has 1 N–H and O–H groups in total. The van der Waals surface area contributed by atoms with Crippen molar-refractivity contribution in [3.63, 3.8) is 0 Å². The summed E-state index contributed by atoms with van der Waals surface area (Å²) in [5, 5.41) is 9.28. The molecule has 4 rings (SSSR count). The minimum atomic E-state index is -5.08. The second-order valence-electron chi connectivity index (χ2n) is 8.51. The molecule has 4 heterocycles. The number of aliphatic carboxylic acids is 1. The molecule has 0 saturated carbocycles. The van der Waals surface area contributed by atoms with E-state index in [2.05, 4.69) is 27.3 Å². The molecule has 3 aliphatic rings. The molecule has 1 atom stereocenters. The molecule has 1 aromatic heterocycles. The van der Waals surface area contributed by atoms with Crippen LogP contribution < -0.4 is 0 Å². The Morgan fingerprint density at radius 3 is 2.39 bits per heavy atom. The molecule has 6 nitrogen and oxygen atoms in total. The quantitative estimate of drug-likeness (QED) is 0.738. The van der Waals surface area contributed by atoms with Gasteiger partial charge >= 0.3 is 12.1 Å². The number of hydrogen-bond donors (Lipinski definition) is 1. The van der Waals surface area contributed by atoms with Crippen molar-refractivity contribution in [2.75, 3.05) is 32.8 Å². The van der Waals surface area contributed by atoms with E-state index in [1.807, 2.05) is 11.3 Å². The lowest BCUT2D eigenvalue weighted by molar-refractivity contribution is -0.192. The van der Waals surface area contributed by atoms with Gasteiger partial charge in [0.05, 0.1) is 12.2 Å². The SMILES string of the molecule is O=C(CC1COC2(CCN(Cc3cccs3)CC2)C1)N1CCCC1.O=C(O)C(F)(F)F. The van der Waals surface area contributed by atoms with Crippen molar-refractivity contribution in [3.8, 4) is 0 Å². The minimum absolute atomic E-state index is 0.0574. The molecule has 1 unspecified atom stereocenters. The Morgan fingerprint density at radius 1 is 1.19 bits per heavy atom. The van der Waals surface area contributed by atoms with Gasteiger partial charge in [0.15, 0.2) is 0 Å². The summed E-state index contributed by atoms with van der Waals surface area (Å²) in [4.78, 5) is 27.3. The predicted octanol–water partition coefficient (Wildman–Crippen LogP) is 3.77. The van der Waals surface area contributed by atoms with Crippen LogP contribution in [0.1, 0.15) is 43.4 Å². The fourth-order valence-corrected chi connectivity index (χ4v) is 5.25. The number of nitrogens with zero attached hydrogens (tertiary/aromatic N) is 2. The molecule has 3 aliphatic heterocycles. The molecular formula is C21H29F3N2O4S. The first kappa shape index (κ1) is 24.0. The fraction of sp³-hybridized carbons (Fsp3) is 0.714. The number of carboxylic acids is 1. The van der Waals surface area contributed by atoms with Crippen LogP contribution in [-0.2, 0) is 20.9 Å². The maximum Gasteiger partial charge on any atom is 0.490 e. The van der Waals surface area contributed by atoms with E-state index in [0.717, 1.165) is 58.6 Å². The summed E-state index contributed by atoms with van der Waals surface area (Å²) < 4.78 is 38.0. The molecule has 1 amide bonds. The largest absolute Gasteiger partial charge is 0.490 e. The van der Waals surface area contributed by atoms with E-state index >= 15 is 0 Å². The van der Waals surface area contributed by atoms with Crippen molar-refractivity contribution in [2.45, 2.75) is 56.8 Å². The van der Waals surface area contributed by atoms with Gasteiger partial charge < -0.3 is 14.7 Å². The second kappa shape index (κ2) is 10.3. The molecule has 174 valence electrons. The molecule has 0 aliphatic carbocycles. The number of rotatable bonds is 4. The Kier molecular flexibility index (Phi) is 7.98. The molecule has 10 heteroatoms. The number of piperidine rings is 1. The van der Waals surface area contributed by atoms with Crippen LogP contribution in [0, 0.1) is 5.92 Å². The van der Waals surface area contributed by atoms with Gasteiger partial charge in [0.1, 0.15) is 0 Å². The Hall–Kier alpha value is -1.65. The number of thiophene rings is 1. The summed E-state index contributed by atoms with van der Waals surface area (Å²) in [5.74, 6) is -1.97. The van der Waals surface area contributed by atoms with Crippen LogP contribution in [0.3, 0.4) is 0 Å². The third-order valence-electron chi connectivity index (χ3n) is 6.18. The molecule has 0 radical (unpaired) electrons. The molecule has 0 bridgehead atoms. The average molecular weight is 463 g/mol. The summed E-state index contributed by atoms with van der Waals surface area (Å²) in [6.45, 7) is 6.02. The predicted molar refractivity (Wildman–Crippen MR) is 110 cm³/mol. The number of ether oxygens (including phenoxy) is 1. The van der Waals surface area contributed by atoms with Crippen molar-refractivity contribution in [1.82, 2.24) is 9.80 Å². The highest BCUT2D eigenvalue weighted by Crippen LogP contribution is 2.40. The normalized spacial score (nSPS) is 23.6. The van der Waals surface area contributed by atoms with Crippen molar-refractivity contribution >= 4 is 23.2 Å². The highest BCUT2D eigenvalue weighted by molar-refractivity contribution is 7.09. The van der Waals surface area contributed by atoms with Gasteiger partial charge in [-0.3, -0.25) is 9.69 Å². The Morgan fingerprint density at radius 2 is 1.84 bits per heavy atom. The van der Waals surface area contributed by atoms with Crippen LogP contribution in [0.5, 0.6) is 0 Å². The van der Waals surface area contributed by atoms with E-state index in [9.17, 15) is 18.0 Å². The van der Waals surface area contributed by atoms with E-state index in [1.54, 1.807) is 0 Å². The van der Waals surface area contributed by atoms with Gasteiger partial charge in [-0.1, -0.05) is 6.07 Å². The number of amides is 1. The fourth-order valence-electron chi connectivity index (χ4n) is 4.50. The van der Waals surface area contributed by atoms with Gasteiger partial charge in [0.2, 0.25) is 5.91 Å². The van der Waals surface area contributed by atoms with Crippen LogP contribution in [0.4, 0.5) is 13.2 Å². The van der Waals surface area contributed by atoms with Gasteiger partial charge in [-0.2, -0.15) is 13.2 Å². The summed E-state index contributed by atoms with van der Waals surface area (Å²) in [6, 6.07) is 4.36. The Balaban J connectivity index is 0.000000339. The van der Waals surface area contributed by atoms with Crippen LogP contribution in [0.2, 0.25) is 0 Å². The van der Waals surface area contributed by atoms with Crippen LogP contribution in [-0.4, -0.2) is 71.3 Å². The zero-order chi connectivity index (χ0) is 22.5. The van der Waals surface area contributed by atoms with Gasteiger partial charge in [0.25, 0.3) is 0 Å². The lowest BCUT2D eigenvalue weighted by atomic mass is 9.84. The number of carbonyl (C=O) groups excluding carboxylic acids is 1. The first-order valence-electron chi connectivity index (χ1n) is 10.6. The Bertz CT molecular complexity index is 727. The molecule has 3 saturated heterocycles. The number of alkyl halides is 3. The summed E-state index contributed by atoms with van der Waals surface area (Å²) in [7, 11) is 0. The average Bonchev–Trinajstić information content (AvgIpc) is 3.47. The number of hydrogen-bond acceptors (Lipinski definition) is 5. The monoisotopic (exact) mass is 462 g/mol. The minimum Gasteiger partial charge on any atom is -0.475 e. The summed E-state index contributed by atoms with van der Waals surface area (Å²) in [5.41, 5.74) is 0.0574. The van der Waals surface area contributed by atoms with Crippen molar-refractivity contribution in [1.29, 1.82) is 0 Å². The lowest BCUT2D eigenvalue weighted by Crippen LogP contribution is -2.43. The van der Waals surface area contributed by atoms with Crippen molar-refractivity contribution < 1.29 is 32.6 Å². The molecular weight excluding hydrogens is 433 g/mol. The lowest BCUT2D eigenvalue weighted by Gasteiger charge is -2.38. The molecule has 3 fully saturated rings. The van der Waals surface area contributed by atoms with Crippen LogP contribution in [0.25, 0.3) is 0 Å². The molecule has 0 aromatic carbocycles. The van der Waals surface area contributed by atoms with Crippen molar-refractivity contribution in [3.05, 3.63) is 22.4 Å². The number of carbonyl (C=O) groups is 2. The topological polar surface area (TPSA) is 70.1 Å². The van der Waals surface area contributed by atoms with E-state index in [-0.39, 0.29) is 5.60 Å². The highest BCUT2D eigenvalue weighted by Gasteiger charge is 2.43. The highest BCUT2D eigenvalue weighted by atomic mass is 32.1. The van der Waals surface area contributed by atoms with Gasteiger partial charge in [0, 0.05) is 44.0 Å². The molecule has 1 spiro atoms. The molecule has 1 aromatic rings. The summed E-state index contributed by atoms with van der Waals surface area (Å²) >= 11 is 1.84. The van der Waals surface area contributed by atoms with E-state index in [0.29, 0.717) is 18.2 Å². The smallest absolute Gasteiger partial charge is 0.475 e. The van der Waals surface area contributed by atoms with Crippen LogP contribution in [0.15, 0.2) is 17.5 Å². The molecule has 31 heavy (non-hydrogen) atoms. The standard InChI is InChI=1S/C19H28N2O2S.C2HF3O2/c22-18(21-7-1-2-8-21)12-16-13-19(23-15-16)5-9-20(10-6-19)14-17-4-3-11-24-17;3-2(4,5)1(6)7/h3-4,11,16H,1-2,5-10,12-15H2;(H,6,7). The van der Waals surface area contributed by atoms with E-state index in [1.165, 1.54) is 17.7 Å². The van der Waals surface area contributed by atoms with Crippen LogP contribution >= 0.6 is 11.3 Å². The third-order valence-corrected chi connectivity index (χ3v) is 7.04. The maximum absolute atomic E-state index is 12.4. The maximum atomic E-state index is 12.4. The van der Waals surface area contributed by atoms with Gasteiger partial charge in [-0.05, 0) is 49.5 Å². The first-order chi connectivity index (χ1) is 14.7. The van der Waals surface area contributed by atoms with E-state index < -0.39 is 12.1 Å². The number of carboxylic acid groups (broad SMARTS) is 1. The zero-order valence-electron chi connectivity index (χ0n) is 17.4. The first-order valence-corrected chi connectivity index (χ1v) is 11.5. The van der Waals surface area contributed by atoms with Gasteiger partial charge in [-0.15, -0.1) is 11.3 Å². The summed E-state index contributed by atoms with van der Waals surface area (Å²) in [6.07, 6.45) is 1.29. The van der Waals surface area contributed by atoms with Gasteiger partial charge in [-0.25, -0.2) is 4.79 Å². The zero-order valence-corrected chi connectivity index (χ0v) is 18.2. The number of likely N-dealkylation sites (tertiary alicyclic amines) is 2. The number of halogens is 3. The second-order valence-corrected chi connectivity index (χ2v) is 9.55.